The maximum Gasteiger partial charge on any atom is 0.0728 e. The molecular weight excluding hydrogens is 344 g/mol. The highest BCUT2D eigenvalue weighted by Crippen LogP contribution is 2.68. The van der Waals surface area contributed by atoms with Crippen LogP contribution in [0.1, 0.15) is 72.1 Å². The molecule has 0 amide bonds. The minimum absolute atomic E-state index is 0.131. The normalized spacial score (nSPS) is 52.3. The largest absolute Gasteiger partial charge is 0.391 e. The fourth-order valence-electron chi connectivity index (χ4n) is 9.07. The molecule has 0 aromatic rings. The van der Waals surface area contributed by atoms with E-state index >= 15 is 0 Å². The number of rotatable bonds is 3. The first kappa shape index (κ1) is 21.1. The van der Waals surface area contributed by atoms with Crippen LogP contribution in [0, 0.1) is 40.4 Å². The number of aliphatic hydroxyl groups is 1. The summed E-state index contributed by atoms with van der Waals surface area (Å²) in [6.45, 7) is 7.68. The molecule has 0 spiro atoms. The Hall–Kier alpha value is -0.120. The van der Waals surface area contributed by atoms with Crippen molar-refractivity contribution in [2.45, 2.75) is 90.3 Å². The zero-order valence-corrected chi connectivity index (χ0v) is 19.6. The summed E-state index contributed by atoms with van der Waals surface area (Å²) in [7, 11) is 8.84. The zero-order chi connectivity index (χ0) is 20.4. The van der Waals surface area contributed by atoms with Gasteiger partial charge in [0.2, 0.25) is 0 Å². The average Bonchev–Trinajstić information content (AvgIpc) is 2.97. The molecule has 3 heteroatoms. The molecule has 4 aliphatic carbocycles. The Labute approximate surface area is 174 Å². The summed E-state index contributed by atoms with van der Waals surface area (Å²) < 4.78 is 0. The van der Waals surface area contributed by atoms with Crippen LogP contribution in [0.4, 0.5) is 0 Å². The lowest BCUT2D eigenvalue weighted by molar-refractivity contribution is -0.161. The Morgan fingerprint density at radius 3 is 2.04 bits per heavy atom. The van der Waals surface area contributed by atoms with Crippen LogP contribution in [0.25, 0.3) is 0 Å². The zero-order valence-electron chi connectivity index (χ0n) is 19.6. The minimum atomic E-state index is -0.131. The summed E-state index contributed by atoms with van der Waals surface area (Å²) in [5.74, 6) is 4.03. The third-order valence-corrected chi connectivity index (χ3v) is 10.9. The number of likely N-dealkylation sites (N-methyl/N-ethyl adjacent to an activating group) is 1. The number of hydrogen-bond donors (Lipinski definition) is 1. The second kappa shape index (κ2) is 7.24. The summed E-state index contributed by atoms with van der Waals surface area (Å²) in [5.41, 5.74) is 0.898. The van der Waals surface area contributed by atoms with Crippen molar-refractivity contribution in [3.8, 4) is 0 Å². The first-order valence-electron chi connectivity index (χ1n) is 12.1. The minimum Gasteiger partial charge on any atom is -0.391 e. The Kier molecular flexibility index (Phi) is 5.46. The first-order chi connectivity index (χ1) is 13.1. The molecule has 10 atom stereocenters. The van der Waals surface area contributed by atoms with E-state index in [1.54, 1.807) is 0 Å². The number of fused-ring (bicyclic) bond motifs is 5. The van der Waals surface area contributed by atoms with Gasteiger partial charge in [-0.2, -0.15) is 0 Å². The number of nitrogens with zero attached hydrogens (tertiary/aromatic N) is 2. The topological polar surface area (TPSA) is 26.7 Å². The Bertz CT molecular complexity index is 577. The lowest BCUT2D eigenvalue weighted by atomic mass is 9.44. The van der Waals surface area contributed by atoms with Crippen LogP contribution < -0.4 is 0 Å². The van der Waals surface area contributed by atoms with E-state index in [9.17, 15) is 5.11 Å². The van der Waals surface area contributed by atoms with Gasteiger partial charge in [-0.05, 0) is 127 Å². The van der Waals surface area contributed by atoms with Crippen molar-refractivity contribution in [3.05, 3.63) is 0 Å². The van der Waals surface area contributed by atoms with Gasteiger partial charge in [-0.3, -0.25) is 0 Å². The van der Waals surface area contributed by atoms with E-state index in [0.29, 0.717) is 28.8 Å². The van der Waals surface area contributed by atoms with Crippen molar-refractivity contribution in [3.63, 3.8) is 0 Å². The lowest BCUT2D eigenvalue weighted by Crippen LogP contribution is -2.60. The van der Waals surface area contributed by atoms with Crippen LogP contribution in [0.2, 0.25) is 0 Å². The van der Waals surface area contributed by atoms with Gasteiger partial charge in [-0.25, -0.2) is 0 Å². The molecule has 4 saturated carbocycles. The molecule has 162 valence electrons. The van der Waals surface area contributed by atoms with E-state index in [4.69, 9.17) is 0 Å². The molecule has 28 heavy (non-hydrogen) atoms. The van der Waals surface area contributed by atoms with Crippen molar-refractivity contribution in [2.75, 3.05) is 28.2 Å². The standard InChI is InChI=1S/C25H46N2O/c1-16(26(4)5)18-10-11-19-17-8-9-21-23(28)22(27(6)7)13-15-25(21,3)20(17)12-14-24(18,19)2/h16-23,28H,8-15H2,1-7H3/t16-,17-,18+,19+,20-,21-,22+,23+,24+,25+/m0/s1. The summed E-state index contributed by atoms with van der Waals surface area (Å²) >= 11 is 0. The van der Waals surface area contributed by atoms with Crippen LogP contribution >= 0.6 is 0 Å². The van der Waals surface area contributed by atoms with E-state index in [1.165, 1.54) is 51.4 Å². The highest BCUT2D eigenvalue weighted by atomic mass is 16.3. The van der Waals surface area contributed by atoms with Crippen molar-refractivity contribution in [1.82, 2.24) is 9.80 Å². The van der Waals surface area contributed by atoms with E-state index < -0.39 is 0 Å². The molecule has 0 saturated heterocycles. The molecule has 0 heterocycles. The molecule has 0 aliphatic heterocycles. The predicted molar refractivity (Wildman–Crippen MR) is 117 cm³/mol. The summed E-state index contributed by atoms with van der Waals surface area (Å²) in [4.78, 5) is 4.74. The van der Waals surface area contributed by atoms with Gasteiger partial charge in [0, 0.05) is 12.1 Å². The average molecular weight is 391 g/mol. The van der Waals surface area contributed by atoms with Crippen LogP contribution in [0.15, 0.2) is 0 Å². The lowest BCUT2D eigenvalue weighted by Gasteiger charge is -2.62. The van der Waals surface area contributed by atoms with Crippen LogP contribution in [-0.2, 0) is 0 Å². The van der Waals surface area contributed by atoms with E-state index in [-0.39, 0.29) is 6.10 Å². The van der Waals surface area contributed by atoms with Crippen molar-refractivity contribution < 1.29 is 5.11 Å². The Morgan fingerprint density at radius 1 is 0.786 bits per heavy atom. The Morgan fingerprint density at radius 2 is 1.39 bits per heavy atom. The third-order valence-electron chi connectivity index (χ3n) is 10.9. The quantitative estimate of drug-likeness (QED) is 0.769. The molecule has 4 fully saturated rings. The van der Waals surface area contributed by atoms with E-state index in [1.807, 2.05) is 0 Å². The van der Waals surface area contributed by atoms with E-state index in [0.717, 1.165) is 23.7 Å². The van der Waals surface area contributed by atoms with Gasteiger partial charge in [-0.1, -0.05) is 13.8 Å². The number of aliphatic hydroxyl groups excluding tert-OH is 1. The van der Waals surface area contributed by atoms with Crippen molar-refractivity contribution in [1.29, 1.82) is 0 Å². The molecule has 3 nitrogen and oxygen atoms in total. The second-order valence-electron chi connectivity index (χ2n) is 12.1. The SMILES string of the molecule is C[C@@H]([C@H]1CC[C@@H]2[C@@H]3CC[C@H]4[C@@H](O)[C@H](N(C)C)CC[C@]4(C)[C@H]3CC[C@@]21C)N(C)C. The predicted octanol–water partition coefficient (Wildman–Crippen LogP) is 4.50. The first-order valence-corrected chi connectivity index (χ1v) is 12.1. The van der Waals surface area contributed by atoms with Gasteiger partial charge in [0.15, 0.2) is 0 Å². The smallest absolute Gasteiger partial charge is 0.0728 e. The highest BCUT2D eigenvalue weighted by molar-refractivity contribution is 5.12. The van der Waals surface area contributed by atoms with Crippen LogP contribution in [0.3, 0.4) is 0 Å². The molecule has 0 bridgehead atoms. The Balaban J connectivity index is 1.57. The fourth-order valence-corrected chi connectivity index (χ4v) is 9.07. The maximum atomic E-state index is 11.3. The monoisotopic (exact) mass is 390 g/mol. The van der Waals surface area contributed by atoms with Crippen LogP contribution in [-0.4, -0.2) is 61.3 Å². The van der Waals surface area contributed by atoms with Gasteiger partial charge >= 0.3 is 0 Å². The molecule has 0 aromatic carbocycles. The van der Waals surface area contributed by atoms with Crippen molar-refractivity contribution >= 4 is 0 Å². The summed E-state index contributed by atoms with van der Waals surface area (Å²) in [6.07, 6.45) is 10.7. The van der Waals surface area contributed by atoms with Gasteiger partial charge in [0.1, 0.15) is 0 Å². The summed E-state index contributed by atoms with van der Waals surface area (Å²) in [5, 5.41) is 11.3. The van der Waals surface area contributed by atoms with Crippen LogP contribution in [0.5, 0.6) is 0 Å². The third kappa shape index (κ3) is 2.94. The van der Waals surface area contributed by atoms with Gasteiger partial charge in [0.05, 0.1) is 6.10 Å². The maximum absolute atomic E-state index is 11.3. The second-order valence-corrected chi connectivity index (χ2v) is 12.1. The van der Waals surface area contributed by atoms with Crippen molar-refractivity contribution in [2.24, 2.45) is 40.4 Å². The molecule has 0 radical (unpaired) electrons. The van der Waals surface area contributed by atoms with Gasteiger partial charge in [-0.15, -0.1) is 0 Å². The van der Waals surface area contributed by atoms with Gasteiger partial charge in [0.25, 0.3) is 0 Å². The highest BCUT2D eigenvalue weighted by Gasteiger charge is 2.62. The molecule has 4 aliphatic rings. The summed E-state index contributed by atoms with van der Waals surface area (Å²) in [6, 6.07) is 1.05. The molecule has 4 rings (SSSR count). The number of hydrogen-bond acceptors (Lipinski definition) is 3. The molecule has 1 N–H and O–H groups in total. The fraction of sp³-hybridized carbons (Fsp3) is 1.00. The molecule has 0 aromatic heterocycles. The molecular formula is C25H46N2O. The molecule has 0 unspecified atom stereocenters. The van der Waals surface area contributed by atoms with Gasteiger partial charge < -0.3 is 14.9 Å². The van der Waals surface area contributed by atoms with E-state index in [2.05, 4.69) is 58.8 Å².